The van der Waals surface area contributed by atoms with E-state index in [1.54, 1.807) is 36.2 Å². The zero-order valence-electron chi connectivity index (χ0n) is 19.5. The van der Waals surface area contributed by atoms with Crippen molar-refractivity contribution in [1.29, 1.82) is 0 Å². The summed E-state index contributed by atoms with van der Waals surface area (Å²) in [4.78, 5) is 27.2. The lowest BCUT2D eigenvalue weighted by atomic mass is 10.1. The molecule has 0 spiro atoms. The highest BCUT2D eigenvalue weighted by Gasteiger charge is 2.28. The van der Waals surface area contributed by atoms with Gasteiger partial charge in [0.05, 0.1) is 11.9 Å². The first-order valence-electron chi connectivity index (χ1n) is 10.9. The van der Waals surface area contributed by atoms with Crippen LogP contribution in [0.5, 0.6) is 0 Å². The molecule has 0 saturated carbocycles. The Hall–Kier alpha value is -2.58. The molecule has 0 saturated heterocycles. The van der Waals surface area contributed by atoms with Crippen molar-refractivity contribution in [1.82, 2.24) is 10.2 Å². The Kier molecular flexibility index (Phi) is 9.73. The third-order valence-electron chi connectivity index (χ3n) is 5.37. The number of amides is 2. The van der Waals surface area contributed by atoms with Gasteiger partial charge in [-0.1, -0.05) is 48.4 Å². The zero-order valence-corrected chi connectivity index (χ0v) is 21.1. The van der Waals surface area contributed by atoms with E-state index < -0.39 is 16.1 Å². The average Bonchev–Trinajstić information content (AvgIpc) is 2.77. The third-order valence-corrected chi connectivity index (χ3v) is 6.82. The number of rotatable bonds is 11. The largest absolute Gasteiger partial charge is 0.357 e. The molecule has 0 heterocycles. The number of nitrogens with zero attached hydrogens (tertiary/aromatic N) is 2. The lowest BCUT2D eigenvalue weighted by Gasteiger charge is -2.31. The van der Waals surface area contributed by atoms with Crippen LogP contribution in [0.25, 0.3) is 0 Å². The molecule has 2 rings (SSSR count). The van der Waals surface area contributed by atoms with E-state index in [4.69, 9.17) is 11.6 Å². The Morgan fingerprint density at radius 3 is 2.18 bits per heavy atom. The summed E-state index contributed by atoms with van der Waals surface area (Å²) in [5, 5.41) is 3.14. The maximum absolute atomic E-state index is 13.2. The number of nitrogens with one attached hydrogen (secondary N) is 1. The first kappa shape index (κ1) is 26.7. The molecule has 33 heavy (non-hydrogen) atoms. The van der Waals surface area contributed by atoms with Gasteiger partial charge in [-0.05, 0) is 49.6 Å². The molecular weight excluding hydrogens is 462 g/mol. The van der Waals surface area contributed by atoms with Gasteiger partial charge < -0.3 is 10.2 Å². The quantitative estimate of drug-likeness (QED) is 0.516. The summed E-state index contributed by atoms with van der Waals surface area (Å²) in [6.45, 7) is 4.29. The Morgan fingerprint density at radius 1 is 1.06 bits per heavy atom. The molecule has 2 aromatic rings. The van der Waals surface area contributed by atoms with Gasteiger partial charge in [0, 0.05) is 31.6 Å². The van der Waals surface area contributed by atoms with Crippen LogP contribution in [0, 0.1) is 6.92 Å². The number of benzene rings is 2. The molecule has 2 amide bonds. The lowest BCUT2D eigenvalue weighted by Crippen LogP contribution is -2.48. The minimum absolute atomic E-state index is 0.110. The molecule has 0 aliphatic heterocycles. The van der Waals surface area contributed by atoms with Crippen molar-refractivity contribution >= 4 is 39.1 Å². The number of sulfonamides is 1. The van der Waals surface area contributed by atoms with E-state index in [1.807, 2.05) is 38.1 Å². The Balaban J connectivity index is 2.17. The predicted molar refractivity (Wildman–Crippen MR) is 133 cm³/mol. The third kappa shape index (κ3) is 7.75. The lowest BCUT2D eigenvalue weighted by molar-refractivity contribution is -0.141. The molecule has 7 nitrogen and oxygen atoms in total. The van der Waals surface area contributed by atoms with Crippen molar-refractivity contribution in [2.24, 2.45) is 0 Å². The average molecular weight is 494 g/mol. The van der Waals surface area contributed by atoms with Crippen LogP contribution in [0.4, 0.5) is 5.69 Å². The number of halogens is 1. The molecule has 0 bridgehead atoms. The van der Waals surface area contributed by atoms with Crippen molar-refractivity contribution in [2.75, 3.05) is 24.2 Å². The van der Waals surface area contributed by atoms with Gasteiger partial charge >= 0.3 is 0 Å². The SMILES string of the molecule is CC[C@@H](C(=O)NC)N(Cc1ccc(C)cc1)C(=O)CCCN(c1ccc(Cl)cc1)S(C)(=O)=O. The highest BCUT2D eigenvalue weighted by atomic mass is 35.5. The number of carbonyl (C=O) groups excluding carboxylic acids is 2. The normalized spacial score (nSPS) is 12.2. The Labute approximate surface area is 201 Å². The second-order valence-corrected chi connectivity index (χ2v) is 10.3. The standard InChI is InChI=1S/C24H32ClN3O4S/c1-5-22(24(30)26-3)27(17-19-10-8-18(2)9-11-19)23(29)7-6-16-28(33(4,31)32)21-14-12-20(25)13-15-21/h8-15,22H,5-7,16-17H2,1-4H3,(H,26,30)/t22-/m0/s1. The van der Waals surface area contributed by atoms with Crippen molar-refractivity contribution in [3.05, 3.63) is 64.7 Å². The van der Waals surface area contributed by atoms with Crippen molar-refractivity contribution in [3.63, 3.8) is 0 Å². The maximum atomic E-state index is 13.2. The molecule has 0 aromatic heterocycles. The minimum Gasteiger partial charge on any atom is -0.357 e. The van der Waals surface area contributed by atoms with Gasteiger partial charge in [-0.2, -0.15) is 0 Å². The van der Waals surface area contributed by atoms with Crippen LogP contribution < -0.4 is 9.62 Å². The van der Waals surface area contributed by atoms with Crippen LogP contribution in [0.1, 0.15) is 37.3 Å². The molecule has 0 unspecified atom stereocenters. The van der Waals surface area contributed by atoms with Gasteiger partial charge in [0.15, 0.2) is 0 Å². The van der Waals surface area contributed by atoms with Gasteiger partial charge in [-0.15, -0.1) is 0 Å². The first-order valence-corrected chi connectivity index (χ1v) is 13.1. The molecule has 0 aliphatic rings. The first-order chi connectivity index (χ1) is 15.6. The smallest absolute Gasteiger partial charge is 0.242 e. The van der Waals surface area contributed by atoms with E-state index in [2.05, 4.69) is 5.32 Å². The molecule has 0 aliphatic carbocycles. The summed E-state index contributed by atoms with van der Waals surface area (Å²) in [6, 6.07) is 13.7. The maximum Gasteiger partial charge on any atom is 0.242 e. The number of likely N-dealkylation sites (N-methyl/N-ethyl adjacent to an activating group) is 1. The molecule has 0 fully saturated rings. The Bertz CT molecular complexity index is 1040. The van der Waals surface area contributed by atoms with Crippen LogP contribution in [0.3, 0.4) is 0 Å². The van der Waals surface area contributed by atoms with E-state index in [1.165, 1.54) is 4.31 Å². The molecule has 1 N–H and O–H groups in total. The van der Waals surface area contributed by atoms with E-state index in [0.717, 1.165) is 17.4 Å². The van der Waals surface area contributed by atoms with Crippen LogP contribution in [0.15, 0.2) is 48.5 Å². The van der Waals surface area contributed by atoms with Gasteiger partial charge in [0.2, 0.25) is 21.8 Å². The van der Waals surface area contributed by atoms with Gasteiger partial charge in [0.1, 0.15) is 6.04 Å². The van der Waals surface area contributed by atoms with Crippen LogP contribution in [0.2, 0.25) is 5.02 Å². The van der Waals surface area contributed by atoms with Crippen molar-refractivity contribution in [3.8, 4) is 0 Å². The van der Waals surface area contributed by atoms with Crippen LogP contribution in [-0.2, 0) is 26.2 Å². The van der Waals surface area contributed by atoms with Crippen LogP contribution in [-0.4, -0.2) is 51.0 Å². The summed E-state index contributed by atoms with van der Waals surface area (Å²) in [5.41, 5.74) is 2.52. The number of anilines is 1. The van der Waals surface area contributed by atoms with Gasteiger partial charge in [-0.25, -0.2) is 8.42 Å². The fourth-order valence-corrected chi connectivity index (χ4v) is 4.68. The predicted octanol–water partition coefficient (Wildman–Crippen LogP) is 3.75. The van der Waals surface area contributed by atoms with E-state index in [0.29, 0.717) is 30.1 Å². The second kappa shape index (κ2) is 12.0. The van der Waals surface area contributed by atoms with E-state index in [-0.39, 0.29) is 24.8 Å². The van der Waals surface area contributed by atoms with E-state index >= 15 is 0 Å². The molecular formula is C24H32ClN3O4S. The number of aryl methyl sites for hydroxylation is 1. The molecule has 0 radical (unpaired) electrons. The van der Waals surface area contributed by atoms with Gasteiger partial charge in [-0.3, -0.25) is 13.9 Å². The molecule has 180 valence electrons. The van der Waals surface area contributed by atoms with Crippen molar-refractivity contribution < 1.29 is 18.0 Å². The van der Waals surface area contributed by atoms with Crippen LogP contribution >= 0.6 is 11.6 Å². The fourth-order valence-electron chi connectivity index (χ4n) is 3.59. The summed E-state index contributed by atoms with van der Waals surface area (Å²) in [6.07, 6.45) is 2.02. The topological polar surface area (TPSA) is 86.8 Å². The second-order valence-electron chi connectivity index (χ2n) is 7.96. The van der Waals surface area contributed by atoms with Crippen molar-refractivity contribution in [2.45, 2.75) is 45.7 Å². The highest BCUT2D eigenvalue weighted by molar-refractivity contribution is 7.92. The number of hydrogen-bond acceptors (Lipinski definition) is 4. The zero-order chi connectivity index (χ0) is 24.6. The monoisotopic (exact) mass is 493 g/mol. The summed E-state index contributed by atoms with van der Waals surface area (Å²) < 4.78 is 25.9. The van der Waals surface area contributed by atoms with Gasteiger partial charge in [0.25, 0.3) is 0 Å². The Morgan fingerprint density at radius 2 is 1.67 bits per heavy atom. The molecule has 1 atom stereocenters. The summed E-state index contributed by atoms with van der Waals surface area (Å²) in [7, 11) is -1.99. The number of carbonyl (C=O) groups is 2. The molecule has 9 heteroatoms. The fraction of sp³-hybridized carbons (Fsp3) is 0.417. The highest BCUT2D eigenvalue weighted by Crippen LogP contribution is 2.22. The number of hydrogen-bond donors (Lipinski definition) is 1. The summed E-state index contributed by atoms with van der Waals surface area (Å²) >= 11 is 5.92. The van der Waals surface area contributed by atoms with E-state index in [9.17, 15) is 18.0 Å². The molecule has 2 aromatic carbocycles. The minimum atomic E-state index is -3.54. The summed E-state index contributed by atoms with van der Waals surface area (Å²) in [5.74, 6) is -0.424.